The minimum Gasteiger partial charge on any atom is -0.356 e. The maximum atomic E-state index is 13.6. The number of nitrogens with one attached hydrogen (secondary N) is 1. The van der Waals surface area contributed by atoms with Crippen LogP contribution in [-0.2, 0) is 14.6 Å². The Morgan fingerprint density at radius 3 is 2.94 bits per heavy atom. The third-order valence-electron chi connectivity index (χ3n) is 3.28. The lowest BCUT2D eigenvalue weighted by molar-refractivity contribution is -0.117. The number of anilines is 2. The zero-order valence-corrected chi connectivity index (χ0v) is 10.2. The van der Waals surface area contributed by atoms with Gasteiger partial charge in [0.05, 0.1) is 17.2 Å². The van der Waals surface area contributed by atoms with E-state index in [1.54, 1.807) is 17.0 Å². The van der Waals surface area contributed by atoms with Crippen LogP contribution in [0.2, 0.25) is 0 Å². The minimum absolute atomic E-state index is 0.00721. The third kappa shape index (κ3) is 1.66. The van der Waals surface area contributed by atoms with E-state index in [4.69, 9.17) is 0 Å². The Kier molecular flexibility index (Phi) is 2.34. The molecule has 2 aliphatic rings. The zero-order valence-electron chi connectivity index (χ0n) is 9.39. The van der Waals surface area contributed by atoms with E-state index < -0.39 is 27.6 Å². The van der Waals surface area contributed by atoms with Crippen LogP contribution >= 0.6 is 0 Å². The number of amides is 1. The Morgan fingerprint density at radius 1 is 1.39 bits per heavy atom. The molecule has 1 fully saturated rings. The summed E-state index contributed by atoms with van der Waals surface area (Å²) in [5, 5.41) is 2.45. The summed E-state index contributed by atoms with van der Waals surface area (Å²) in [5.74, 6) is -1.19. The Balaban J connectivity index is 2.09. The summed E-state index contributed by atoms with van der Waals surface area (Å²) < 4.78 is 36.7. The van der Waals surface area contributed by atoms with Crippen molar-refractivity contribution in [2.24, 2.45) is 0 Å². The van der Waals surface area contributed by atoms with E-state index in [1.165, 1.54) is 6.07 Å². The topological polar surface area (TPSA) is 66.5 Å². The van der Waals surface area contributed by atoms with E-state index in [9.17, 15) is 17.6 Å². The van der Waals surface area contributed by atoms with Crippen molar-refractivity contribution in [2.75, 3.05) is 28.3 Å². The Morgan fingerprint density at radius 2 is 2.17 bits per heavy atom. The molecule has 0 aliphatic carbocycles. The monoisotopic (exact) mass is 270 g/mol. The maximum Gasteiger partial charge on any atom is 0.248 e. The highest BCUT2D eigenvalue weighted by Gasteiger charge is 2.40. The van der Waals surface area contributed by atoms with Crippen LogP contribution < -0.4 is 10.2 Å². The van der Waals surface area contributed by atoms with Gasteiger partial charge in [0.2, 0.25) is 5.91 Å². The number of fused-ring (bicyclic) bond motifs is 3. The first-order chi connectivity index (χ1) is 8.48. The van der Waals surface area contributed by atoms with Crippen molar-refractivity contribution in [3.05, 3.63) is 24.0 Å². The van der Waals surface area contributed by atoms with Crippen molar-refractivity contribution in [1.29, 1.82) is 0 Å². The number of halogens is 1. The van der Waals surface area contributed by atoms with Gasteiger partial charge in [-0.1, -0.05) is 6.07 Å². The lowest BCUT2D eigenvalue weighted by atomic mass is 10.1. The van der Waals surface area contributed by atoms with E-state index in [2.05, 4.69) is 5.32 Å². The highest BCUT2D eigenvalue weighted by atomic mass is 32.2. The second kappa shape index (κ2) is 3.68. The fraction of sp³-hybridized carbons (Fsp3) is 0.364. The molecular formula is C11H11FN2O3S. The molecule has 0 bridgehead atoms. The molecule has 1 N–H and O–H groups in total. The molecule has 5 nitrogen and oxygen atoms in total. The first-order valence-corrected chi connectivity index (χ1v) is 7.36. The van der Waals surface area contributed by atoms with Crippen molar-refractivity contribution < 1.29 is 17.6 Å². The number of nitrogens with zero attached hydrogens (tertiary/aromatic N) is 1. The number of carbonyl (C=O) groups is 1. The Labute approximate surface area is 104 Å². The summed E-state index contributed by atoms with van der Waals surface area (Å²) in [5.41, 5.74) is 0.688. The van der Waals surface area contributed by atoms with Gasteiger partial charge in [-0.2, -0.15) is 0 Å². The molecule has 0 aromatic heterocycles. The predicted octanol–water partition coefficient (Wildman–Crippen LogP) is 0.381. The third-order valence-corrected chi connectivity index (χ3v) is 4.91. The van der Waals surface area contributed by atoms with Crippen LogP contribution in [0.25, 0.3) is 0 Å². The molecule has 3 rings (SSSR count). The van der Waals surface area contributed by atoms with E-state index in [1.807, 2.05) is 0 Å². The lowest BCUT2D eigenvalue weighted by Gasteiger charge is -2.40. The van der Waals surface area contributed by atoms with E-state index >= 15 is 0 Å². The summed E-state index contributed by atoms with van der Waals surface area (Å²) in [6.45, 7) is 0.219. The summed E-state index contributed by atoms with van der Waals surface area (Å²) in [6.07, 6.45) is 0. The van der Waals surface area contributed by atoms with Crippen molar-refractivity contribution in [3.63, 3.8) is 0 Å². The van der Waals surface area contributed by atoms with Gasteiger partial charge in [0.1, 0.15) is 17.5 Å². The molecular weight excluding hydrogens is 259 g/mol. The van der Waals surface area contributed by atoms with Gasteiger partial charge in [0.25, 0.3) is 0 Å². The van der Waals surface area contributed by atoms with Crippen LogP contribution in [0, 0.1) is 5.82 Å². The van der Waals surface area contributed by atoms with Gasteiger partial charge in [-0.25, -0.2) is 12.8 Å². The Hall–Kier alpha value is -1.63. The molecule has 1 saturated heterocycles. The highest BCUT2D eigenvalue weighted by Crippen LogP contribution is 2.35. The number of benzene rings is 1. The fourth-order valence-corrected chi connectivity index (χ4v) is 3.85. The van der Waals surface area contributed by atoms with Gasteiger partial charge in [-0.05, 0) is 12.1 Å². The summed E-state index contributed by atoms with van der Waals surface area (Å²) in [7, 11) is -3.19. The average molecular weight is 270 g/mol. The molecule has 18 heavy (non-hydrogen) atoms. The van der Waals surface area contributed by atoms with E-state index in [-0.39, 0.29) is 23.7 Å². The Bertz CT molecular complexity index is 629. The minimum atomic E-state index is -3.19. The zero-order chi connectivity index (χ0) is 12.9. The largest absolute Gasteiger partial charge is 0.356 e. The smallest absolute Gasteiger partial charge is 0.248 e. The van der Waals surface area contributed by atoms with Crippen LogP contribution in [0.1, 0.15) is 0 Å². The molecule has 1 aromatic carbocycles. The van der Waals surface area contributed by atoms with E-state index in [0.717, 1.165) is 0 Å². The van der Waals surface area contributed by atoms with Gasteiger partial charge < -0.3 is 10.2 Å². The number of rotatable bonds is 0. The molecule has 1 atom stereocenters. The molecule has 2 aliphatic heterocycles. The highest BCUT2D eigenvalue weighted by molar-refractivity contribution is 7.91. The molecule has 7 heteroatoms. The molecule has 0 saturated carbocycles. The van der Waals surface area contributed by atoms with Crippen molar-refractivity contribution in [3.8, 4) is 0 Å². The summed E-state index contributed by atoms with van der Waals surface area (Å²) in [4.78, 5) is 13.5. The number of sulfone groups is 1. The molecule has 0 radical (unpaired) electrons. The quantitative estimate of drug-likeness (QED) is 0.740. The second-order valence-corrected chi connectivity index (χ2v) is 6.68. The summed E-state index contributed by atoms with van der Waals surface area (Å²) in [6, 6.07) is 3.74. The van der Waals surface area contributed by atoms with Gasteiger partial charge in [0.15, 0.2) is 9.84 Å². The van der Waals surface area contributed by atoms with Crippen molar-refractivity contribution >= 4 is 27.1 Å². The van der Waals surface area contributed by atoms with Gasteiger partial charge >= 0.3 is 0 Å². The molecule has 96 valence electrons. The van der Waals surface area contributed by atoms with Crippen LogP contribution in [-0.4, -0.2) is 38.4 Å². The normalized spacial score (nSPS) is 25.1. The first-order valence-electron chi connectivity index (χ1n) is 5.54. The van der Waals surface area contributed by atoms with Gasteiger partial charge in [-0.3, -0.25) is 4.79 Å². The first kappa shape index (κ1) is 11.5. The number of hydrogen-bond donors (Lipinski definition) is 1. The molecule has 1 amide bonds. The predicted molar refractivity (Wildman–Crippen MR) is 64.8 cm³/mol. The SMILES string of the molecule is O=C1Nc2c(F)cccc2N2CCS(=O)(=O)CC12. The number of carbonyl (C=O) groups excluding carboxylic acids is 1. The van der Waals surface area contributed by atoms with Crippen molar-refractivity contribution in [2.45, 2.75) is 6.04 Å². The average Bonchev–Trinajstić information content (AvgIpc) is 2.30. The molecule has 1 aromatic rings. The lowest BCUT2D eigenvalue weighted by Crippen LogP contribution is -2.57. The molecule has 2 heterocycles. The van der Waals surface area contributed by atoms with Crippen LogP contribution in [0.5, 0.6) is 0 Å². The summed E-state index contributed by atoms with van der Waals surface area (Å²) >= 11 is 0. The van der Waals surface area contributed by atoms with E-state index in [0.29, 0.717) is 5.69 Å². The second-order valence-electron chi connectivity index (χ2n) is 4.45. The van der Waals surface area contributed by atoms with Crippen LogP contribution in [0.4, 0.5) is 15.8 Å². The molecule has 0 spiro atoms. The van der Waals surface area contributed by atoms with Crippen molar-refractivity contribution in [1.82, 2.24) is 0 Å². The fourth-order valence-electron chi connectivity index (χ4n) is 2.40. The van der Waals surface area contributed by atoms with Gasteiger partial charge in [-0.15, -0.1) is 0 Å². The number of hydrogen-bond acceptors (Lipinski definition) is 4. The molecule has 1 unspecified atom stereocenters. The standard InChI is InChI=1S/C11H11FN2O3S/c12-7-2-1-3-8-10(7)13-11(15)9-6-18(16,17)5-4-14(8)9/h1-3,9H,4-6H2,(H,13,15). The van der Waals surface area contributed by atoms with Gasteiger partial charge in [0, 0.05) is 6.54 Å². The van der Waals surface area contributed by atoms with Crippen LogP contribution in [0.15, 0.2) is 18.2 Å². The maximum absolute atomic E-state index is 13.6. The van der Waals surface area contributed by atoms with Crippen LogP contribution in [0.3, 0.4) is 0 Å². The number of para-hydroxylation sites is 1.